The van der Waals surface area contributed by atoms with Crippen LogP contribution < -0.4 is 16.0 Å². The Morgan fingerprint density at radius 2 is 2.10 bits per heavy atom. The Labute approximate surface area is 128 Å². The molecule has 0 radical (unpaired) electrons. The molecule has 0 bridgehead atoms. The van der Waals surface area contributed by atoms with Gasteiger partial charge in [0.2, 0.25) is 11.6 Å². The quantitative estimate of drug-likeness (QED) is 0.493. The minimum atomic E-state index is -0.494. The third kappa shape index (κ3) is 3.09. The van der Waals surface area contributed by atoms with Gasteiger partial charge in [0.1, 0.15) is 10.8 Å². The van der Waals surface area contributed by atoms with Gasteiger partial charge >= 0.3 is 5.69 Å². The van der Waals surface area contributed by atoms with Crippen LogP contribution >= 0.6 is 15.9 Å². The maximum atomic E-state index is 11.2. The molecule has 1 aromatic heterocycles. The minimum Gasteiger partial charge on any atom is -0.430 e. The van der Waals surface area contributed by atoms with Crippen LogP contribution in [0, 0.1) is 24.0 Å². The van der Waals surface area contributed by atoms with Crippen LogP contribution in [0.2, 0.25) is 0 Å². The molecule has 0 aliphatic rings. The molecular weight excluding hydrogens is 342 g/mol. The Kier molecular flexibility index (Phi) is 4.34. The topological polar surface area (TPSA) is 116 Å². The van der Waals surface area contributed by atoms with E-state index in [1.807, 2.05) is 0 Å². The second-order valence-electron chi connectivity index (χ2n) is 4.27. The van der Waals surface area contributed by atoms with Crippen LogP contribution in [-0.2, 0) is 0 Å². The van der Waals surface area contributed by atoms with Crippen molar-refractivity contribution in [1.82, 2.24) is 9.97 Å². The molecule has 0 saturated carbocycles. The summed E-state index contributed by atoms with van der Waals surface area (Å²) < 4.78 is 5.97. The fraction of sp³-hybridized carbons (Fsp3) is 0.167. The van der Waals surface area contributed by atoms with E-state index in [0.717, 1.165) is 5.56 Å². The molecule has 0 spiro atoms. The van der Waals surface area contributed by atoms with Crippen LogP contribution in [0.1, 0.15) is 11.1 Å². The molecule has 0 fully saturated rings. The summed E-state index contributed by atoms with van der Waals surface area (Å²) in [6, 6.07) is 3.24. The fourth-order valence-corrected chi connectivity index (χ4v) is 2.22. The maximum Gasteiger partial charge on any atom is 0.312 e. The number of hydrazine groups is 1. The lowest BCUT2D eigenvalue weighted by Crippen LogP contribution is -2.10. The van der Waals surface area contributed by atoms with Crippen LogP contribution in [0.5, 0.6) is 11.6 Å². The van der Waals surface area contributed by atoms with Gasteiger partial charge in [-0.3, -0.25) is 10.1 Å². The van der Waals surface area contributed by atoms with Crippen molar-refractivity contribution in [2.24, 2.45) is 5.84 Å². The standard InChI is InChI=1S/C12H12BrN5O3/c1-6-3-7(2)10(8(4-6)18(19)20)21-12-9(13)11(17-14)15-5-16-12/h3-5H,14H2,1-2H3,(H,15,16,17). The summed E-state index contributed by atoms with van der Waals surface area (Å²) >= 11 is 3.24. The average Bonchev–Trinajstić information content (AvgIpc) is 2.43. The van der Waals surface area contributed by atoms with E-state index >= 15 is 0 Å². The molecule has 3 N–H and O–H groups in total. The van der Waals surface area contributed by atoms with Gasteiger partial charge in [-0.05, 0) is 40.9 Å². The summed E-state index contributed by atoms with van der Waals surface area (Å²) in [5, 5.41) is 11.2. The second-order valence-corrected chi connectivity index (χ2v) is 5.07. The number of aryl methyl sites for hydroxylation is 2. The summed E-state index contributed by atoms with van der Waals surface area (Å²) in [7, 11) is 0. The molecule has 21 heavy (non-hydrogen) atoms. The van der Waals surface area contributed by atoms with Crippen LogP contribution in [0.15, 0.2) is 22.9 Å². The zero-order valence-corrected chi connectivity index (χ0v) is 12.8. The number of rotatable bonds is 4. The zero-order chi connectivity index (χ0) is 15.6. The first-order valence-electron chi connectivity index (χ1n) is 5.84. The van der Waals surface area contributed by atoms with Crippen LogP contribution in [0.4, 0.5) is 11.5 Å². The number of nitrogens with two attached hydrogens (primary N) is 1. The maximum absolute atomic E-state index is 11.2. The minimum absolute atomic E-state index is 0.125. The monoisotopic (exact) mass is 353 g/mol. The van der Waals surface area contributed by atoms with Crippen LogP contribution in [0.3, 0.4) is 0 Å². The SMILES string of the molecule is Cc1cc(C)c(Oc2ncnc(NN)c2Br)c([N+](=O)[O-])c1. The number of hydrogen-bond donors (Lipinski definition) is 2. The van der Waals surface area contributed by atoms with Crippen LogP contribution in [0.25, 0.3) is 0 Å². The number of nitrogens with one attached hydrogen (secondary N) is 1. The molecule has 2 aromatic rings. The summed E-state index contributed by atoms with van der Waals surface area (Å²) in [6.45, 7) is 3.51. The number of hydrogen-bond acceptors (Lipinski definition) is 7. The number of aromatic nitrogens is 2. The second kappa shape index (κ2) is 6.02. The van der Waals surface area contributed by atoms with E-state index in [9.17, 15) is 10.1 Å². The highest BCUT2D eigenvalue weighted by molar-refractivity contribution is 9.10. The van der Waals surface area contributed by atoms with E-state index in [1.165, 1.54) is 12.4 Å². The van der Waals surface area contributed by atoms with Crippen LogP contribution in [-0.4, -0.2) is 14.9 Å². The molecule has 0 unspecified atom stereocenters. The van der Waals surface area contributed by atoms with Gasteiger partial charge in [-0.25, -0.2) is 15.8 Å². The van der Waals surface area contributed by atoms with Crippen molar-refractivity contribution in [3.8, 4) is 11.6 Å². The number of benzene rings is 1. The van der Waals surface area contributed by atoms with Crippen molar-refractivity contribution in [1.29, 1.82) is 0 Å². The molecule has 0 aliphatic carbocycles. The number of ether oxygens (including phenoxy) is 1. The van der Waals surface area contributed by atoms with Gasteiger partial charge in [0.15, 0.2) is 5.82 Å². The van der Waals surface area contributed by atoms with Crippen molar-refractivity contribution >= 4 is 27.4 Å². The summed E-state index contributed by atoms with van der Waals surface area (Å²) in [5.74, 6) is 5.88. The predicted molar refractivity (Wildman–Crippen MR) is 80.2 cm³/mol. The summed E-state index contributed by atoms with van der Waals surface area (Å²) in [6.07, 6.45) is 1.24. The molecule has 8 nitrogen and oxygen atoms in total. The van der Waals surface area contributed by atoms with Gasteiger partial charge in [0.05, 0.1) is 4.92 Å². The number of halogens is 1. The number of nitro groups is 1. The van der Waals surface area contributed by atoms with E-state index in [-0.39, 0.29) is 17.3 Å². The Morgan fingerprint density at radius 1 is 1.38 bits per heavy atom. The molecule has 0 saturated heterocycles. The normalized spacial score (nSPS) is 10.3. The molecule has 2 rings (SSSR count). The van der Waals surface area contributed by atoms with Gasteiger partial charge < -0.3 is 10.2 Å². The summed E-state index contributed by atoms with van der Waals surface area (Å²) in [4.78, 5) is 18.5. The molecule has 1 aromatic carbocycles. The third-order valence-corrected chi connectivity index (χ3v) is 3.40. The highest BCUT2D eigenvalue weighted by Gasteiger charge is 2.21. The van der Waals surface area contributed by atoms with Gasteiger partial charge in [-0.15, -0.1) is 0 Å². The van der Waals surface area contributed by atoms with Gasteiger partial charge in [0.25, 0.3) is 0 Å². The molecule has 0 aliphatic heterocycles. The van der Waals surface area contributed by atoms with Gasteiger partial charge in [-0.2, -0.15) is 0 Å². The van der Waals surface area contributed by atoms with E-state index in [2.05, 4.69) is 31.3 Å². The Morgan fingerprint density at radius 3 is 2.71 bits per heavy atom. The first-order valence-corrected chi connectivity index (χ1v) is 6.64. The lowest BCUT2D eigenvalue weighted by molar-refractivity contribution is -0.385. The van der Waals surface area contributed by atoms with Gasteiger partial charge in [0, 0.05) is 6.07 Å². The lowest BCUT2D eigenvalue weighted by atomic mass is 10.1. The number of nitrogens with zero attached hydrogens (tertiary/aromatic N) is 3. The molecule has 110 valence electrons. The van der Waals surface area contributed by atoms with E-state index in [1.54, 1.807) is 19.9 Å². The Balaban J connectivity index is 2.52. The lowest BCUT2D eigenvalue weighted by Gasteiger charge is -2.11. The zero-order valence-electron chi connectivity index (χ0n) is 11.3. The predicted octanol–water partition coefficient (Wildman–Crippen LogP) is 2.84. The first kappa shape index (κ1) is 15.1. The molecular formula is C12H12BrN5O3. The Bertz CT molecular complexity index is 708. The molecule has 9 heteroatoms. The molecule has 0 atom stereocenters. The molecule has 1 heterocycles. The number of nitro benzene ring substituents is 1. The van der Waals surface area contributed by atoms with E-state index in [4.69, 9.17) is 10.6 Å². The number of nitrogen functional groups attached to an aromatic ring is 1. The highest BCUT2D eigenvalue weighted by atomic mass is 79.9. The highest BCUT2D eigenvalue weighted by Crippen LogP contribution is 2.38. The first-order chi connectivity index (χ1) is 9.93. The fourth-order valence-electron chi connectivity index (χ4n) is 1.82. The van der Waals surface area contributed by atoms with Crippen molar-refractivity contribution in [2.75, 3.05) is 5.43 Å². The average molecular weight is 354 g/mol. The van der Waals surface area contributed by atoms with Crippen molar-refractivity contribution in [2.45, 2.75) is 13.8 Å². The van der Waals surface area contributed by atoms with Crippen molar-refractivity contribution in [3.05, 3.63) is 44.2 Å². The summed E-state index contributed by atoms with van der Waals surface area (Å²) in [5.41, 5.74) is 3.66. The van der Waals surface area contributed by atoms with E-state index < -0.39 is 4.92 Å². The van der Waals surface area contributed by atoms with Crippen molar-refractivity contribution < 1.29 is 9.66 Å². The number of anilines is 1. The van der Waals surface area contributed by atoms with E-state index in [0.29, 0.717) is 15.9 Å². The smallest absolute Gasteiger partial charge is 0.312 e. The Hall–Kier alpha value is -2.26. The molecule has 0 amide bonds. The largest absolute Gasteiger partial charge is 0.430 e. The van der Waals surface area contributed by atoms with Crippen molar-refractivity contribution in [3.63, 3.8) is 0 Å². The van der Waals surface area contributed by atoms with Gasteiger partial charge in [-0.1, -0.05) is 6.07 Å². The third-order valence-electron chi connectivity index (χ3n) is 2.69.